The van der Waals surface area contributed by atoms with Crippen molar-refractivity contribution in [2.75, 3.05) is 39.4 Å². The molecule has 0 atom stereocenters. The first-order valence-corrected chi connectivity index (χ1v) is 7.00. The molecule has 4 N–H and O–H groups in total. The average molecular weight is 302 g/mol. The molecule has 118 valence electrons. The average Bonchev–Trinajstić information content (AvgIpc) is 2.52. The van der Waals surface area contributed by atoms with E-state index in [-0.39, 0.29) is 0 Å². The molecule has 5 nitrogen and oxygen atoms in total. The third-order valence-electron chi connectivity index (χ3n) is 3.56. The topological polar surface area (TPSA) is 79.7 Å². The molecule has 0 fully saturated rings. The number of benzene rings is 2. The number of nitrogens with two attached hydrogens (primary N) is 2. The highest BCUT2D eigenvalue weighted by Crippen LogP contribution is 2.42. The van der Waals surface area contributed by atoms with Crippen molar-refractivity contribution in [1.82, 2.24) is 0 Å². The number of hydrogen-bond acceptors (Lipinski definition) is 5. The van der Waals surface area contributed by atoms with Crippen LogP contribution in [0, 0.1) is 0 Å². The summed E-state index contributed by atoms with van der Waals surface area (Å²) in [4.78, 5) is 0. The molecule has 0 spiro atoms. The molecule has 0 aromatic heterocycles. The first kappa shape index (κ1) is 16.0. The molecule has 0 aliphatic rings. The third-order valence-corrected chi connectivity index (χ3v) is 3.56. The van der Waals surface area contributed by atoms with Crippen molar-refractivity contribution in [3.63, 3.8) is 0 Å². The number of rotatable bonds is 6. The van der Waals surface area contributed by atoms with Gasteiger partial charge in [-0.3, -0.25) is 0 Å². The van der Waals surface area contributed by atoms with Gasteiger partial charge in [0.25, 0.3) is 0 Å². The van der Waals surface area contributed by atoms with Gasteiger partial charge in [-0.25, -0.2) is 0 Å². The highest BCUT2D eigenvalue weighted by atomic mass is 16.5. The maximum atomic E-state index is 6.17. The molecular weight excluding hydrogens is 280 g/mol. The lowest BCUT2D eigenvalue weighted by Crippen LogP contribution is -2.05. The van der Waals surface area contributed by atoms with Crippen molar-refractivity contribution < 1.29 is 14.2 Å². The molecule has 2 aromatic carbocycles. The van der Waals surface area contributed by atoms with Crippen molar-refractivity contribution in [3.8, 4) is 22.6 Å². The standard InChI is InChI=1S/C17H22N2O3/c1-20-8-7-12-13(9-11(18)10-14(12)19)17-15(21-2)5-4-6-16(17)22-3/h4-6,9-10H,7-8,18-19H2,1-3H3. The Morgan fingerprint density at radius 2 is 1.59 bits per heavy atom. The lowest BCUT2D eigenvalue weighted by atomic mass is 9.94. The van der Waals surface area contributed by atoms with E-state index in [2.05, 4.69) is 0 Å². The smallest absolute Gasteiger partial charge is 0.130 e. The van der Waals surface area contributed by atoms with Gasteiger partial charge < -0.3 is 25.7 Å². The fraction of sp³-hybridized carbons (Fsp3) is 0.294. The summed E-state index contributed by atoms with van der Waals surface area (Å²) in [6, 6.07) is 9.30. The molecule has 2 rings (SSSR count). The van der Waals surface area contributed by atoms with E-state index < -0.39 is 0 Å². The summed E-state index contributed by atoms with van der Waals surface area (Å²) in [6.07, 6.45) is 0.680. The van der Waals surface area contributed by atoms with Crippen molar-refractivity contribution >= 4 is 11.4 Å². The Morgan fingerprint density at radius 3 is 2.14 bits per heavy atom. The minimum absolute atomic E-state index is 0.568. The van der Waals surface area contributed by atoms with Crippen molar-refractivity contribution in [3.05, 3.63) is 35.9 Å². The Labute approximate surface area is 130 Å². The Hall–Kier alpha value is -2.40. The van der Waals surface area contributed by atoms with Crippen LogP contribution in [-0.4, -0.2) is 27.9 Å². The molecule has 0 saturated heterocycles. The summed E-state index contributed by atoms with van der Waals surface area (Å²) in [5.74, 6) is 1.42. The normalized spacial score (nSPS) is 10.5. The molecule has 0 bridgehead atoms. The maximum Gasteiger partial charge on any atom is 0.130 e. The second-order valence-corrected chi connectivity index (χ2v) is 4.92. The zero-order valence-electron chi connectivity index (χ0n) is 13.2. The van der Waals surface area contributed by atoms with Crippen molar-refractivity contribution in [2.24, 2.45) is 0 Å². The second-order valence-electron chi connectivity index (χ2n) is 4.92. The van der Waals surface area contributed by atoms with Gasteiger partial charge in [-0.1, -0.05) is 6.07 Å². The van der Waals surface area contributed by atoms with Gasteiger partial charge in [0.1, 0.15) is 11.5 Å². The van der Waals surface area contributed by atoms with Crippen LogP contribution in [0.4, 0.5) is 11.4 Å². The number of nitrogen functional groups attached to an aromatic ring is 2. The molecule has 22 heavy (non-hydrogen) atoms. The van der Waals surface area contributed by atoms with Crippen LogP contribution in [-0.2, 0) is 11.2 Å². The Balaban J connectivity index is 2.70. The Bertz CT molecular complexity index is 634. The zero-order chi connectivity index (χ0) is 16.1. The summed E-state index contributed by atoms with van der Waals surface area (Å²) in [5, 5.41) is 0. The number of ether oxygens (including phenoxy) is 3. The summed E-state index contributed by atoms with van der Waals surface area (Å²) >= 11 is 0. The minimum Gasteiger partial charge on any atom is -0.496 e. The molecule has 0 radical (unpaired) electrons. The van der Waals surface area contributed by atoms with Gasteiger partial charge in [0.2, 0.25) is 0 Å². The van der Waals surface area contributed by atoms with Crippen LogP contribution in [0.5, 0.6) is 11.5 Å². The molecule has 2 aromatic rings. The molecule has 0 amide bonds. The highest BCUT2D eigenvalue weighted by Gasteiger charge is 2.18. The van der Waals surface area contributed by atoms with Gasteiger partial charge in [-0.05, 0) is 41.8 Å². The fourth-order valence-corrected chi connectivity index (χ4v) is 2.54. The van der Waals surface area contributed by atoms with Crippen LogP contribution in [0.3, 0.4) is 0 Å². The predicted molar refractivity (Wildman–Crippen MR) is 89.4 cm³/mol. The van der Waals surface area contributed by atoms with Crippen LogP contribution in [0.25, 0.3) is 11.1 Å². The molecule has 0 aliphatic heterocycles. The first-order valence-electron chi connectivity index (χ1n) is 7.00. The predicted octanol–water partition coefficient (Wildman–Crippen LogP) is 2.72. The zero-order valence-corrected chi connectivity index (χ0v) is 13.2. The van der Waals surface area contributed by atoms with Crippen LogP contribution in [0.15, 0.2) is 30.3 Å². The van der Waals surface area contributed by atoms with Gasteiger partial charge in [0, 0.05) is 18.5 Å². The number of hydrogen-bond donors (Lipinski definition) is 2. The Kier molecular flexibility index (Phi) is 5.12. The summed E-state index contributed by atoms with van der Waals surface area (Å²) < 4.78 is 16.2. The van der Waals surface area contributed by atoms with Gasteiger partial charge in [0.15, 0.2) is 0 Å². The number of methoxy groups -OCH3 is 3. The molecule has 0 saturated carbocycles. The van der Waals surface area contributed by atoms with Crippen LogP contribution >= 0.6 is 0 Å². The van der Waals surface area contributed by atoms with E-state index >= 15 is 0 Å². The minimum atomic E-state index is 0.568. The van der Waals surface area contributed by atoms with E-state index in [1.54, 1.807) is 27.4 Å². The lowest BCUT2D eigenvalue weighted by molar-refractivity contribution is 0.202. The number of anilines is 2. The van der Waals surface area contributed by atoms with E-state index in [0.29, 0.717) is 35.9 Å². The van der Waals surface area contributed by atoms with Gasteiger partial charge in [-0.15, -0.1) is 0 Å². The van der Waals surface area contributed by atoms with Crippen LogP contribution in [0.1, 0.15) is 5.56 Å². The highest BCUT2D eigenvalue weighted by molar-refractivity contribution is 5.84. The SMILES string of the molecule is COCCc1c(N)cc(N)cc1-c1c(OC)cccc1OC. The summed E-state index contributed by atoms with van der Waals surface area (Å²) in [7, 11) is 4.92. The van der Waals surface area contributed by atoms with Gasteiger partial charge in [0.05, 0.1) is 26.4 Å². The van der Waals surface area contributed by atoms with Gasteiger partial charge >= 0.3 is 0 Å². The largest absolute Gasteiger partial charge is 0.496 e. The van der Waals surface area contributed by atoms with E-state index in [1.807, 2.05) is 24.3 Å². The molecule has 0 unspecified atom stereocenters. The maximum absolute atomic E-state index is 6.17. The fourth-order valence-electron chi connectivity index (χ4n) is 2.54. The molecular formula is C17H22N2O3. The monoisotopic (exact) mass is 302 g/mol. The molecule has 0 aliphatic carbocycles. The van der Waals surface area contributed by atoms with E-state index in [0.717, 1.165) is 16.7 Å². The van der Waals surface area contributed by atoms with E-state index in [1.165, 1.54) is 0 Å². The van der Waals surface area contributed by atoms with Crippen molar-refractivity contribution in [1.29, 1.82) is 0 Å². The van der Waals surface area contributed by atoms with Crippen LogP contribution < -0.4 is 20.9 Å². The quantitative estimate of drug-likeness (QED) is 0.802. The Morgan fingerprint density at radius 1 is 0.955 bits per heavy atom. The molecule has 5 heteroatoms. The van der Waals surface area contributed by atoms with Gasteiger partial charge in [-0.2, -0.15) is 0 Å². The van der Waals surface area contributed by atoms with E-state index in [4.69, 9.17) is 25.7 Å². The van der Waals surface area contributed by atoms with E-state index in [9.17, 15) is 0 Å². The first-order chi connectivity index (χ1) is 10.6. The summed E-state index contributed by atoms with van der Waals surface area (Å²) in [6.45, 7) is 0.568. The van der Waals surface area contributed by atoms with Crippen molar-refractivity contribution in [2.45, 2.75) is 6.42 Å². The summed E-state index contributed by atoms with van der Waals surface area (Å²) in [5.41, 5.74) is 16.1. The third kappa shape index (κ3) is 3.09. The second kappa shape index (κ2) is 7.04. The lowest BCUT2D eigenvalue weighted by Gasteiger charge is -2.18. The molecule has 0 heterocycles. The van der Waals surface area contributed by atoms with Crippen LogP contribution in [0.2, 0.25) is 0 Å².